The number of aliphatic imine (C=N–C) groups is 1. The standard InChI is InChI=1S/C20H24N4O2.HI/c1-14(25)23-16-8-6-15(7-9-16)10-12-22-20(21)24-18-11-13-26-19-5-3-2-4-17(18)19;/h2-9,18H,10-13H2,1H3,(H,23,25)(H3,21,22,24);1H. The number of anilines is 1. The number of fused-ring (bicyclic) bond motifs is 1. The van der Waals surface area contributed by atoms with Gasteiger partial charge in [0.15, 0.2) is 5.96 Å². The minimum atomic E-state index is -0.0733. The Bertz CT molecular complexity index is 793. The van der Waals surface area contributed by atoms with E-state index in [-0.39, 0.29) is 35.9 Å². The smallest absolute Gasteiger partial charge is 0.221 e. The molecule has 144 valence electrons. The Labute approximate surface area is 176 Å². The van der Waals surface area contributed by atoms with Crippen LogP contribution in [0.25, 0.3) is 0 Å². The van der Waals surface area contributed by atoms with Crippen molar-refractivity contribution in [1.82, 2.24) is 5.32 Å². The molecule has 3 rings (SSSR count). The van der Waals surface area contributed by atoms with Gasteiger partial charge in [-0.3, -0.25) is 9.79 Å². The lowest BCUT2D eigenvalue weighted by Crippen LogP contribution is -2.37. The highest BCUT2D eigenvalue weighted by Gasteiger charge is 2.21. The number of hydrogen-bond acceptors (Lipinski definition) is 3. The third-order valence-electron chi connectivity index (χ3n) is 4.24. The molecule has 0 spiro atoms. The Morgan fingerprint density at radius 3 is 2.70 bits per heavy atom. The van der Waals surface area contributed by atoms with Crippen LogP contribution in [0.1, 0.15) is 30.5 Å². The summed E-state index contributed by atoms with van der Waals surface area (Å²) in [7, 11) is 0. The van der Waals surface area contributed by atoms with E-state index in [1.807, 2.05) is 42.5 Å². The van der Waals surface area contributed by atoms with Crippen molar-refractivity contribution in [2.45, 2.75) is 25.8 Å². The summed E-state index contributed by atoms with van der Waals surface area (Å²) in [5, 5.41) is 6.05. The number of hydrogen-bond donors (Lipinski definition) is 3. The minimum Gasteiger partial charge on any atom is -0.493 e. The lowest BCUT2D eigenvalue weighted by Gasteiger charge is -2.26. The van der Waals surface area contributed by atoms with Crippen LogP contribution >= 0.6 is 24.0 Å². The second kappa shape index (κ2) is 10.1. The van der Waals surface area contributed by atoms with Crippen LogP contribution in [0.5, 0.6) is 5.75 Å². The number of carbonyl (C=O) groups excluding carboxylic acids is 1. The van der Waals surface area contributed by atoms with Gasteiger partial charge in [0, 0.05) is 31.1 Å². The molecule has 2 aromatic carbocycles. The lowest BCUT2D eigenvalue weighted by molar-refractivity contribution is -0.114. The second-order valence-corrected chi connectivity index (χ2v) is 6.27. The van der Waals surface area contributed by atoms with E-state index >= 15 is 0 Å². The molecule has 1 heterocycles. The van der Waals surface area contributed by atoms with E-state index in [0.717, 1.165) is 35.4 Å². The zero-order chi connectivity index (χ0) is 18.4. The van der Waals surface area contributed by atoms with E-state index in [2.05, 4.69) is 21.7 Å². The maximum absolute atomic E-state index is 11.0. The van der Waals surface area contributed by atoms with E-state index in [0.29, 0.717) is 19.1 Å². The van der Waals surface area contributed by atoms with Gasteiger partial charge in [-0.15, -0.1) is 24.0 Å². The highest BCUT2D eigenvalue weighted by molar-refractivity contribution is 14.0. The first-order valence-electron chi connectivity index (χ1n) is 8.76. The molecular weight excluding hydrogens is 455 g/mol. The van der Waals surface area contributed by atoms with Gasteiger partial charge in [0.25, 0.3) is 0 Å². The normalized spacial score (nSPS) is 15.7. The predicted molar refractivity (Wildman–Crippen MR) is 119 cm³/mol. The van der Waals surface area contributed by atoms with Gasteiger partial charge in [0.1, 0.15) is 5.75 Å². The van der Waals surface area contributed by atoms with Gasteiger partial charge >= 0.3 is 0 Å². The van der Waals surface area contributed by atoms with Crippen molar-refractivity contribution in [3.63, 3.8) is 0 Å². The van der Waals surface area contributed by atoms with Crippen molar-refractivity contribution < 1.29 is 9.53 Å². The fourth-order valence-corrected chi connectivity index (χ4v) is 2.98. The number of benzene rings is 2. The van der Waals surface area contributed by atoms with E-state index in [1.54, 1.807) is 0 Å². The molecule has 0 fully saturated rings. The highest BCUT2D eigenvalue weighted by atomic mass is 127. The first-order chi connectivity index (χ1) is 12.6. The molecule has 7 heteroatoms. The molecule has 1 unspecified atom stereocenters. The molecule has 1 aliphatic heterocycles. The Hall–Kier alpha value is -2.29. The van der Waals surface area contributed by atoms with Crippen LogP contribution < -0.4 is 21.1 Å². The monoisotopic (exact) mass is 480 g/mol. The van der Waals surface area contributed by atoms with Gasteiger partial charge in [-0.05, 0) is 30.2 Å². The van der Waals surface area contributed by atoms with Gasteiger partial charge in [-0.1, -0.05) is 30.3 Å². The maximum Gasteiger partial charge on any atom is 0.221 e. The highest BCUT2D eigenvalue weighted by Crippen LogP contribution is 2.31. The van der Waals surface area contributed by atoms with Crippen molar-refractivity contribution in [3.05, 3.63) is 59.7 Å². The number of nitrogens with one attached hydrogen (secondary N) is 2. The molecule has 6 nitrogen and oxygen atoms in total. The number of halogens is 1. The number of carbonyl (C=O) groups is 1. The molecule has 0 aromatic heterocycles. The topological polar surface area (TPSA) is 88.7 Å². The summed E-state index contributed by atoms with van der Waals surface area (Å²) >= 11 is 0. The average molecular weight is 480 g/mol. The average Bonchev–Trinajstić information content (AvgIpc) is 2.63. The van der Waals surface area contributed by atoms with Crippen LogP contribution in [0.15, 0.2) is 53.5 Å². The maximum atomic E-state index is 11.0. The summed E-state index contributed by atoms with van der Waals surface area (Å²) < 4.78 is 5.66. The van der Waals surface area contributed by atoms with Crippen LogP contribution in [0.2, 0.25) is 0 Å². The first kappa shape index (κ1) is 21.0. The van der Waals surface area contributed by atoms with Gasteiger partial charge in [0.05, 0.1) is 12.6 Å². The fraction of sp³-hybridized carbons (Fsp3) is 0.300. The molecule has 0 aliphatic carbocycles. The number of para-hydroxylation sites is 1. The van der Waals surface area contributed by atoms with Crippen LogP contribution in [0.4, 0.5) is 5.69 Å². The number of rotatable bonds is 5. The SMILES string of the molecule is CC(=O)Nc1ccc(CCN=C(N)NC2CCOc3ccccc32)cc1.I. The summed E-state index contributed by atoms with van der Waals surface area (Å²) in [5.41, 5.74) is 9.11. The largest absolute Gasteiger partial charge is 0.493 e. The van der Waals surface area contributed by atoms with E-state index < -0.39 is 0 Å². The minimum absolute atomic E-state index is 0. The Morgan fingerprint density at radius 1 is 1.22 bits per heavy atom. The van der Waals surface area contributed by atoms with E-state index in [4.69, 9.17) is 10.5 Å². The van der Waals surface area contributed by atoms with Gasteiger partial charge in [-0.25, -0.2) is 0 Å². The molecule has 2 aromatic rings. The zero-order valence-corrected chi connectivity index (χ0v) is 17.6. The number of amides is 1. The van der Waals surface area contributed by atoms with Crippen LogP contribution in [0.3, 0.4) is 0 Å². The van der Waals surface area contributed by atoms with Crippen molar-refractivity contribution in [1.29, 1.82) is 0 Å². The van der Waals surface area contributed by atoms with Crippen LogP contribution in [0, 0.1) is 0 Å². The molecule has 1 amide bonds. The van der Waals surface area contributed by atoms with E-state index in [9.17, 15) is 4.79 Å². The van der Waals surface area contributed by atoms with Gasteiger partial charge in [-0.2, -0.15) is 0 Å². The van der Waals surface area contributed by atoms with Gasteiger partial charge in [0.2, 0.25) is 5.91 Å². The van der Waals surface area contributed by atoms with Crippen LogP contribution in [-0.2, 0) is 11.2 Å². The molecule has 0 saturated heterocycles. The Morgan fingerprint density at radius 2 is 1.96 bits per heavy atom. The number of nitrogens with two attached hydrogens (primary N) is 1. The lowest BCUT2D eigenvalue weighted by atomic mass is 10.0. The second-order valence-electron chi connectivity index (χ2n) is 6.27. The third-order valence-corrected chi connectivity index (χ3v) is 4.24. The summed E-state index contributed by atoms with van der Waals surface area (Å²) in [6.45, 7) is 2.76. The van der Waals surface area contributed by atoms with Crippen molar-refractivity contribution in [2.24, 2.45) is 10.7 Å². The quantitative estimate of drug-likeness (QED) is 0.349. The predicted octanol–water partition coefficient (Wildman–Crippen LogP) is 3.23. The van der Waals surface area contributed by atoms with E-state index in [1.165, 1.54) is 6.92 Å². The summed E-state index contributed by atoms with van der Waals surface area (Å²) in [4.78, 5) is 15.5. The zero-order valence-electron chi connectivity index (χ0n) is 15.3. The first-order valence-corrected chi connectivity index (χ1v) is 8.76. The molecule has 1 atom stereocenters. The van der Waals surface area contributed by atoms with Crippen LogP contribution in [-0.4, -0.2) is 25.0 Å². The molecule has 0 radical (unpaired) electrons. The number of guanidine groups is 1. The Kier molecular flexibility index (Phi) is 7.90. The summed E-state index contributed by atoms with van der Waals surface area (Å²) in [6, 6.07) is 15.9. The van der Waals surface area contributed by atoms with Crippen molar-refractivity contribution in [3.8, 4) is 5.75 Å². The molecular formula is C20H25IN4O2. The van der Waals surface area contributed by atoms with Crippen molar-refractivity contribution >= 4 is 41.5 Å². The van der Waals surface area contributed by atoms with Gasteiger partial charge < -0.3 is 21.1 Å². The molecule has 0 bridgehead atoms. The number of ether oxygens (including phenoxy) is 1. The fourth-order valence-electron chi connectivity index (χ4n) is 2.98. The summed E-state index contributed by atoms with van der Waals surface area (Å²) in [6.07, 6.45) is 1.64. The summed E-state index contributed by atoms with van der Waals surface area (Å²) in [5.74, 6) is 1.28. The molecule has 0 saturated carbocycles. The number of nitrogens with zero attached hydrogens (tertiary/aromatic N) is 1. The Balaban J connectivity index is 0.00000261. The molecule has 4 N–H and O–H groups in total. The molecule has 27 heavy (non-hydrogen) atoms. The van der Waals surface area contributed by atoms with Crippen molar-refractivity contribution in [2.75, 3.05) is 18.5 Å². The third kappa shape index (κ3) is 6.13. The molecule has 1 aliphatic rings.